The number of cyclic esters (lactones) is 1. The van der Waals surface area contributed by atoms with Gasteiger partial charge in [-0.15, -0.1) is 0 Å². The average Bonchev–Trinajstić information content (AvgIpc) is 2.48. The molecular formula is C15H27N3O3. The van der Waals surface area contributed by atoms with E-state index in [-0.39, 0.29) is 13.0 Å². The SMILES string of the molecule is [2H]C([2H])([2H])N1CC(=O)OCCCCCCCCCCC(=O)N=C1N. The van der Waals surface area contributed by atoms with Crippen molar-refractivity contribution in [3.8, 4) is 0 Å². The summed E-state index contributed by atoms with van der Waals surface area (Å²) in [6, 6.07) is 0. The minimum atomic E-state index is -2.67. The van der Waals surface area contributed by atoms with Crippen LogP contribution in [-0.2, 0) is 14.3 Å². The van der Waals surface area contributed by atoms with Crippen LogP contribution in [0.15, 0.2) is 4.99 Å². The number of carbonyl (C=O) groups excluding carboxylic acids is 2. The van der Waals surface area contributed by atoms with Gasteiger partial charge in [0.05, 0.1) is 6.61 Å². The highest BCUT2D eigenvalue weighted by Gasteiger charge is 2.11. The molecule has 0 saturated heterocycles. The summed E-state index contributed by atoms with van der Waals surface area (Å²) >= 11 is 0. The maximum atomic E-state index is 11.8. The number of carbonyl (C=O) groups is 2. The van der Waals surface area contributed by atoms with Crippen LogP contribution >= 0.6 is 0 Å². The molecule has 21 heavy (non-hydrogen) atoms. The fourth-order valence-electron chi connectivity index (χ4n) is 2.12. The Hall–Kier alpha value is -1.59. The zero-order valence-corrected chi connectivity index (χ0v) is 12.5. The molecule has 1 amide bonds. The molecule has 6 nitrogen and oxygen atoms in total. The first-order valence-corrected chi connectivity index (χ1v) is 7.61. The van der Waals surface area contributed by atoms with Crippen molar-refractivity contribution >= 4 is 17.8 Å². The highest BCUT2D eigenvalue weighted by molar-refractivity contribution is 5.93. The van der Waals surface area contributed by atoms with Crippen LogP contribution in [0.1, 0.15) is 61.9 Å². The number of aliphatic imine (C=N–C) groups is 1. The highest BCUT2D eigenvalue weighted by Crippen LogP contribution is 2.10. The Balaban J connectivity index is 2.78. The summed E-state index contributed by atoms with van der Waals surface area (Å²) in [5.41, 5.74) is 5.64. The monoisotopic (exact) mass is 300 g/mol. The maximum absolute atomic E-state index is 11.8. The lowest BCUT2D eigenvalue weighted by Gasteiger charge is -2.16. The summed E-state index contributed by atoms with van der Waals surface area (Å²) in [6.45, 7) is -2.97. The van der Waals surface area contributed by atoms with E-state index >= 15 is 0 Å². The topological polar surface area (TPSA) is 85.0 Å². The van der Waals surface area contributed by atoms with E-state index in [1.54, 1.807) is 0 Å². The number of ether oxygens (including phenoxy) is 1. The number of guanidine groups is 1. The second-order valence-corrected chi connectivity index (χ2v) is 5.25. The molecular weight excluding hydrogens is 270 g/mol. The number of hydrogen-bond acceptors (Lipinski definition) is 5. The fourth-order valence-corrected chi connectivity index (χ4v) is 2.12. The van der Waals surface area contributed by atoms with Gasteiger partial charge in [-0.3, -0.25) is 9.59 Å². The molecule has 0 spiro atoms. The number of amides is 1. The van der Waals surface area contributed by atoms with Gasteiger partial charge in [0.2, 0.25) is 5.91 Å². The van der Waals surface area contributed by atoms with E-state index in [0.717, 1.165) is 44.9 Å². The summed E-state index contributed by atoms with van der Waals surface area (Å²) in [5.74, 6) is -1.64. The first-order chi connectivity index (χ1) is 11.3. The van der Waals surface area contributed by atoms with Gasteiger partial charge in [-0.1, -0.05) is 38.5 Å². The molecule has 1 heterocycles. The summed E-state index contributed by atoms with van der Waals surface area (Å²) in [7, 11) is 0. The van der Waals surface area contributed by atoms with Crippen LogP contribution < -0.4 is 5.73 Å². The number of likely N-dealkylation sites (N-methyl/N-ethyl adjacent to an activating group) is 1. The molecule has 0 saturated carbocycles. The highest BCUT2D eigenvalue weighted by atomic mass is 16.5. The van der Waals surface area contributed by atoms with Crippen molar-refractivity contribution in [2.45, 2.75) is 57.8 Å². The molecule has 0 aromatic rings. The van der Waals surface area contributed by atoms with Crippen molar-refractivity contribution in [2.75, 3.05) is 20.1 Å². The molecule has 1 aliphatic rings. The second kappa shape index (κ2) is 10.2. The summed E-state index contributed by atoms with van der Waals surface area (Å²) < 4.78 is 27.4. The summed E-state index contributed by atoms with van der Waals surface area (Å²) in [6.07, 6.45) is 7.96. The molecule has 0 unspecified atom stereocenters. The van der Waals surface area contributed by atoms with Crippen LogP contribution in [0.4, 0.5) is 0 Å². The molecule has 1 aliphatic heterocycles. The zero-order chi connectivity index (χ0) is 18.0. The number of nitrogens with zero attached hydrogens (tertiary/aromatic N) is 2. The van der Waals surface area contributed by atoms with Crippen molar-refractivity contribution in [1.29, 1.82) is 0 Å². The Morgan fingerprint density at radius 1 is 1.10 bits per heavy atom. The standard InChI is InChI=1S/C15H27N3O3/c1-18-12-14(20)21-11-9-7-5-3-2-4-6-8-10-13(19)17-15(18)16/h2-12H2,1H3,(H2,16,17,19)/i1D3. The van der Waals surface area contributed by atoms with Crippen LogP contribution in [0.25, 0.3) is 0 Å². The molecule has 120 valence electrons. The number of esters is 1. The molecule has 0 bridgehead atoms. The molecule has 6 heteroatoms. The molecule has 0 aromatic heterocycles. The Bertz CT molecular complexity index is 453. The lowest BCUT2D eigenvalue weighted by atomic mass is 10.1. The zero-order valence-electron chi connectivity index (χ0n) is 15.5. The smallest absolute Gasteiger partial charge is 0.325 e. The van der Waals surface area contributed by atoms with Crippen LogP contribution in [-0.4, -0.2) is 42.9 Å². The second-order valence-electron chi connectivity index (χ2n) is 5.25. The van der Waals surface area contributed by atoms with Crippen molar-refractivity contribution < 1.29 is 18.4 Å². The largest absolute Gasteiger partial charge is 0.464 e. The van der Waals surface area contributed by atoms with Gasteiger partial charge in [0.15, 0.2) is 5.96 Å². The van der Waals surface area contributed by atoms with Crippen LogP contribution in [0.3, 0.4) is 0 Å². The first kappa shape index (κ1) is 13.1. The predicted molar refractivity (Wildman–Crippen MR) is 81.8 cm³/mol. The molecule has 2 N–H and O–H groups in total. The molecule has 0 atom stereocenters. The quantitative estimate of drug-likeness (QED) is 0.690. The van der Waals surface area contributed by atoms with Gasteiger partial charge in [-0.25, -0.2) is 0 Å². The van der Waals surface area contributed by atoms with Crippen molar-refractivity contribution in [1.82, 2.24) is 4.90 Å². The van der Waals surface area contributed by atoms with Crippen LogP contribution in [0.2, 0.25) is 0 Å². The molecule has 0 aromatic carbocycles. The average molecular weight is 300 g/mol. The van der Waals surface area contributed by atoms with E-state index in [2.05, 4.69) is 4.99 Å². The van der Waals surface area contributed by atoms with Crippen LogP contribution in [0, 0.1) is 0 Å². The van der Waals surface area contributed by atoms with Gasteiger partial charge < -0.3 is 15.4 Å². The molecule has 0 aliphatic carbocycles. The van der Waals surface area contributed by atoms with Crippen molar-refractivity contribution in [3.63, 3.8) is 0 Å². The van der Waals surface area contributed by atoms with E-state index in [4.69, 9.17) is 14.6 Å². The fraction of sp³-hybridized carbons (Fsp3) is 0.800. The Morgan fingerprint density at radius 3 is 2.38 bits per heavy atom. The third kappa shape index (κ3) is 8.32. The van der Waals surface area contributed by atoms with Crippen molar-refractivity contribution in [3.05, 3.63) is 0 Å². The number of hydrogen-bond donors (Lipinski definition) is 1. The Labute approximate surface area is 130 Å². The lowest BCUT2D eigenvalue weighted by molar-refractivity contribution is -0.144. The van der Waals surface area contributed by atoms with E-state index in [0.29, 0.717) is 11.3 Å². The van der Waals surface area contributed by atoms with Gasteiger partial charge in [-0.2, -0.15) is 4.99 Å². The normalized spacial score (nSPS) is 24.1. The summed E-state index contributed by atoms with van der Waals surface area (Å²) in [4.78, 5) is 27.9. The minimum absolute atomic E-state index is 0.222. The van der Waals surface area contributed by atoms with E-state index < -0.39 is 31.4 Å². The van der Waals surface area contributed by atoms with Gasteiger partial charge in [0.1, 0.15) is 6.54 Å². The molecule has 0 radical (unpaired) electrons. The van der Waals surface area contributed by atoms with Crippen molar-refractivity contribution in [2.24, 2.45) is 10.7 Å². The number of nitrogens with two attached hydrogens (primary N) is 1. The van der Waals surface area contributed by atoms with Crippen LogP contribution in [0.5, 0.6) is 0 Å². The van der Waals surface area contributed by atoms with Gasteiger partial charge in [-0.05, 0) is 12.8 Å². The van der Waals surface area contributed by atoms with Gasteiger partial charge in [0, 0.05) is 17.5 Å². The molecule has 1 rings (SSSR count). The van der Waals surface area contributed by atoms with E-state index in [1.165, 1.54) is 0 Å². The third-order valence-electron chi connectivity index (χ3n) is 3.35. The summed E-state index contributed by atoms with van der Waals surface area (Å²) in [5, 5.41) is 0. The number of rotatable bonds is 0. The first-order valence-electron chi connectivity index (χ1n) is 9.11. The minimum Gasteiger partial charge on any atom is -0.464 e. The van der Waals surface area contributed by atoms with E-state index in [9.17, 15) is 9.59 Å². The lowest BCUT2D eigenvalue weighted by Crippen LogP contribution is -2.39. The Morgan fingerprint density at radius 2 is 1.71 bits per heavy atom. The van der Waals surface area contributed by atoms with E-state index in [1.807, 2.05) is 0 Å². The van der Waals surface area contributed by atoms with Gasteiger partial charge in [0.25, 0.3) is 0 Å². The van der Waals surface area contributed by atoms with Gasteiger partial charge >= 0.3 is 5.97 Å². The predicted octanol–water partition coefficient (Wildman–Crippen LogP) is 1.83. The third-order valence-corrected chi connectivity index (χ3v) is 3.35. The maximum Gasteiger partial charge on any atom is 0.325 e. The molecule has 0 fully saturated rings. The Kier molecular flexibility index (Phi) is 6.35.